The molecule has 0 bridgehead atoms. The summed E-state index contributed by atoms with van der Waals surface area (Å²) in [6.07, 6.45) is -1.46. The van der Waals surface area contributed by atoms with Gasteiger partial charge in [0.25, 0.3) is 0 Å². The molecule has 0 spiro atoms. The van der Waals surface area contributed by atoms with Crippen molar-refractivity contribution in [2.24, 2.45) is 7.05 Å². The first-order chi connectivity index (χ1) is 11.8. The second-order valence-corrected chi connectivity index (χ2v) is 6.66. The van der Waals surface area contributed by atoms with Crippen LogP contribution in [0.15, 0.2) is 30.6 Å². The summed E-state index contributed by atoms with van der Waals surface area (Å²) < 4.78 is 37.8. The summed E-state index contributed by atoms with van der Waals surface area (Å²) in [7, 11) is 3.36. The smallest absolute Gasteiger partial charge is 0.300 e. The molecule has 0 aliphatic rings. The molecule has 2 rings (SSSR count). The lowest BCUT2D eigenvalue weighted by Crippen LogP contribution is -2.28. The molecule has 9 heteroatoms. The lowest BCUT2D eigenvalue weighted by Gasteiger charge is -2.16. The van der Waals surface area contributed by atoms with Crippen LogP contribution in [0, 0.1) is 0 Å². The van der Waals surface area contributed by atoms with Gasteiger partial charge in [0.15, 0.2) is 0 Å². The fourth-order valence-corrected chi connectivity index (χ4v) is 3.07. The third kappa shape index (κ3) is 5.77. The van der Waals surface area contributed by atoms with Gasteiger partial charge in [-0.05, 0) is 12.1 Å². The van der Waals surface area contributed by atoms with Crippen LogP contribution in [-0.4, -0.2) is 45.4 Å². The monoisotopic (exact) mass is 372 g/mol. The number of amides is 1. The average Bonchev–Trinajstić information content (AvgIpc) is 2.95. The van der Waals surface area contributed by atoms with Crippen molar-refractivity contribution in [3.8, 4) is 11.3 Å². The van der Waals surface area contributed by atoms with Crippen LogP contribution in [0.2, 0.25) is 0 Å². The van der Waals surface area contributed by atoms with Gasteiger partial charge >= 0.3 is 6.18 Å². The number of hydrogen-bond donors (Lipinski definition) is 0. The Labute approximate surface area is 148 Å². The molecule has 0 saturated heterocycles. The van der Waals surface area contributed by atoms with Crippen LogP contribution in [0.25, 0.3) is 11.3 Å². The highest BCUT2D eigenvalue weighted by atomic mass is 32.2. The zero-order valence-corrected chi connectivity index (χ0v) is 14.8. The Morgan fingerprint density at radius 2 is 2.12 bits per heavy atom. The largest absolute Gasteiger partial charge is 0.389 e. The molecule has 0 saturated carbocycles. The van der Waals surface area contributed by atoms with Crippen LogP contribution in [0.5, 0.6) is 0 Å². The molecule has 136 valence electrons. The Bertz CT molecular complexity index is 703. The zero-order chi connectivity index (χ0) is 18.4. The van der Waals surface area contributed by atoms with E-state index in [1.807, 2.05) is 6.07 Å². The van der Waals surface area contributed by atoms with Crippen molar-refractivity contribution in [2.45, 2.75) is 19.0 Å². The molecule has 5 nitrogen and oxygen atoms in total. The van der Waals surface area contributed by atoms with E-state index in [2.05, 4.69) is 10.1 Å². The van der Waals surface area contributed by atoms with E-state index in [0.717, 1.165) is 17.3 Å². The van der Waals surface area contributed by atoms with Crippen LogP contribution in [-0.2, 0) is 11.8 Å². The molecular formula is C16H19F3N4OS. The van der Waals surface area contributed by atoms with Crippen LogP contribution >= 0.6 is 11.8 Å². The summed E-state index contributed by atoms with van der Waals surface area (Å²) in [4.78, 5) is 17.8. The Morgan fingerprint density at radius 3 is 2.76 bits per heavy atom. The highest BCUT2D eigenvalue weighted by Crippen LogP contribution is 2.24. The number of anilines is 1. The molecule has 2 heterocycles. The second-order valence-electron chi connectivity index (χ2n) is 5.43. The Hall–Kier alpha value is -2.03. The van der Waals surface area contributed by atoms with E-state index >= 15 is 0 Å². The van der Waals surface area contributed by atoms with E-state index in [0.29, 0.717) is 17.3 Å². The summed E-state index contributed by atoms with van der Waals surface area (Å²) >= 11 is 1.13. The van der Waals surface area contributed by atoms with E-state index in [4.69, 9.17) is 0 Å². The lowest BCUT2D eigenvalue weighted by atomic mass is 10.2. The van der Waals surface area contributed by atoms with Gasteiger partial charge in [0.1, 0.15) is 5.82 Å². The summed E-state index contributed by atoms with van der Waals surface area (Å²) in [6, 6.07) is 5.46. The van der Waals surface area contributed by atoms with Crippen LogP contribution in [0.1, 0.15) is 12.8 Å². The van der Waals surface area contributed by atoms with Gasteiger partial charge in [-0.2, -0.15) is 30.0 Å². The quantitative estimate of drug-likeness (QED) is 0.698. The van der Waals surface area contributed by atoms with Gasteiger partial charge in [0.05, 0.1) is 12.1 Å². The standard InChI is InChI=1S/C16H19F3N4OS/c1-22(15(24)5-8-25-9-6-16(17,18)19)14-10-13(21-23(14)2)12-4-3-7-20-11-12/h3-4,7,10-11H,5-6,8-9H2,1-2H3. The topological polar surface area (TPSA) is 51.0 Å². The van der Waals surface area contributed by atoms with Crippen LogP contribution in [0.4, 0.5) is 19.0 Å². The molecule has 2 aromatic heterocycles. The van der Waals surface area contributed by atoms with E-state index < -0.39 is 12.6 Å². The normalized spacial score (nSPS) is 11.6. The first kappa shape index (κ1) is 19.3. The van der Waals surface area contributed by atoms with Crippen LogP contribution < -0.4 is 4.90 Å². The maximum atomic E-state index is 12.2. The molecule has 1 amide bonds. The van der Waals surface area contributed by atoms with E-state index in [1.165, 1.54) is 4.90 Å². The molecule has 0 aliphatic carbocycles. The Kier molecular flexibility index (Phi) is 6.46. The van der Waals surface area contributed by atoms with Gasteiger partial charge in [0, 0.05) is 56.0 Å². The number of halogens is 3. The third-order valence-electron chi connectivity index (χ3n) is 3.52. The number of carbonyl (C=O) groups is 1. The SMILES string of the molecule is CN(C(=O)CCSCCC(F)(F)F)c1cc(-c2cccnc2)nn1C. The first-order valence-electron chi connectivity index (χ1n) is 7.63. The number of pyridine rings is 1. The van der Waals surface area contributed by atoms with E-state index in [-0.39, 0.29) is 18.1 Å². The van der Waals surface area contributed by atoms with Crippen LogP contribution in [0.3, 0.4) is 0 Å². The van der Waals surface area contributed by atoms with Gasteiger partial charge in [0.2, 0.25) is 5.91 Å². The van der Waals surface area contributed by atoms with E-state index in [1.54, 1.807) is 43.3 Å². The number of hydrogen-bond acceptors (Lipinski definition) is 4. The van der Waals surface area contributed by atoms with Crippen molar-refractivity contribution in [3.63, 3.8) is 0 Å². The molecule has 0 aliphatic heterocycles. The van der Waals surface area contributed by atoms with Gasteiger partial charge < -0.3 is 4.90 Å². The zero-order valence-electron chi connectivity index (χ0n) is 14.0. The van der Waals surface area contributed by atoms with E-state index in [9.17, 15) is 18.0 Å². The number of carbonyl (C=O) groups excluding carboxylic acids is 1. The van der Waals surface area contributed by atoms with Crippen molar-refractivity contribution < 1.29 is 18.0 Å². The highest BCUT2D eigenvalue weighted by molar-refractivity contribution is 7.99. The number of aryl methyl sites for hydroxylation is 1. The summed E-state index contributed by atoms with van der Waals surface area (Å²) in [5, 5.41) is 4.37. The van der Waals surface area contributed by atoms with Crippen molar-refractivity contribution >= 4 is 23.5 Å². The first-order valence-corrected chi connectivity index (χ1v) is 8.79. The fraction of sp³-hybridized carbons (Fsp3) is 0.438. The molecule has 0 radical (unpaired) electrons. The molecule has 0 N–H and O–H groups in total. The lowest BCUT2D eigenvalue weighted by molar-refractivity contribution is -0.129. The molecule has 25 heavy (non-hydrogen) atoms. The Morgan fingerprint density at radius 1 is 1.36 bits per heavy atom. The van der Waals surface area contributed by atoms with Crippen molar-refractivity contribution in [2.75, 3.05) is 23.5 Å². The second kappa shape index (κ2) is 8.37. The maximum absolute atomic E-state index is 12.2. The van der Waals surface area contributed by atoms with Gasteiger partial charge in [-0.15, -0.1) is 0 Å². The summed E-state index contributed by atoms with van der Waals surface area (Å²) in [5.41, 5.74) is 1.54. The molecule has 0 fully saturated rings. The number of alkyl halides is 3. The maximum Gasteiger partial charge on any atom is 0.389 e. The fourth-order valence-electron chi connectivity index (χ4n) is 2.17. The van der Waals surface area contributed by atoms with Gasteiger partial charge in [-0.3, -0.25) is 14.5 Å². The average molecular weight is 372 g/mol. The van der Waals surface area contributed by atoms with Crippen molar-refractivity contribution in [1.82, 2.24) is 14.8 Å². The molecule has 2 aromatic rings. The minimum absolute atomic E-state index is 0.0304. The molecule has 0 aromatic carbocycles. The summed E-state index contributed by atoms with van der Waals surface area (Å²) in [5.74, 6) is 0.772. The van der Waals surface area contributed by atoms with Crippen molar-refractivity contribution in [1.29, 1.82) is 0 Å². The van der Waals surface area contributed by atoms with Gasteiger partial charge in [-0.1, -0.05) is 0 Å². The molecular weight excluding hydrogens is 353 g/mol. The Balaban J connectivity index is 1.90. The minimum atomic E-state index is -4.15. The van der Waals surface area contributed by atoms with Gasteiger partial charge in [-0.25, -0.2) is 0 Å². The number of rotatable bonds is 7. The highest BCUT2D eigenvalue weighted by Gasteiger charge is 2.26. The summed E-state index contributed by atoms with van der Waals surface area (Å²) in [6.45, 7) is 0. The predicted molar refractivity (Wildman–Crippen MR) is 92.5 cm³/mol. The predicted octanol–water partition coefficient (Wildman–Crippen LogP) is 3.52. The third-order valence-corrected chi connectivity index (χ3v) is 4.51. The number of nitrogens with zero attached hydrogens (tertiary/aromatic N) is 4. The molecule has 0 unspecified atom stereocenters. The minimum Gasteiger partial charge on any atom is -0.300 e. The number of thioether (sulfide) groups is 1. The number of aromatic nitrogens is 3. The van der Waals surface area contributed by atoms with Crippen molar-refractivity contribution in [3.05, 3.63) is 30.6 Å². The molecule has 0 atom stereocenters.